The molecule has 0 aromatic carbocycles. The number of pyridine rings is 1. The standard InChI is InChI=1S/C15H19BrN4/c1-3-6-12-14(16)15(18-4-2)20-13(19-12)9-11-7-5-8-17-10-11/h5,7-8,10H,3-4,6,9H2,1-2H3,(H,18,19,20). The number of halogens is 1. The van der Waals surface area contributed by atoms with Gasteiger partial charge in [0.1, 0.15) is 11.6 Å². The molecule has 2 aromatic rings. The molecule has 2 aromatic heterocycles. The van der Waals surface area contributed by atoms with Gasteiger partial charge in [-0.1, -0.05) is 19.4 Å². The van der Waals surface area contributed by atoms with Crippen molar-refractivity contribution < 1.29 is 0 Å². The van der Waals surface area contributed by atoms with Crippen LogP contribution in [0.5, 0.6) is 0 Å². The van der Waals surface area contributed by atoms with E-state index >= 15 is 0 Å². The Bertz CT molecular complexity index is 530. The van der Waals surface area contributed by atoms with Gasteiger partial charge in [-0.3, -0.25) is 4.98 Å². The minimum atomic E-state index is 0.705. The molecule has 0 fully saturated rings. The Balaban J connectivity index is 2.32. The van der Waals surface area contributed by atoms with Crippen LogP contribution in [0, 0.1) is 0 Å². The van der Waals surface area contributed by atoms with Crippen LogP contribution in [0.1, 0.15) is 37.4 Å². The molecule has 0 unspecified atom stereocenters. The summed E-state index contributed by atoms with van der Waals surface area (Å²) in [7, 11) is 0. The van der Waals surface area contributed by atoms with Crippen LogP contribution in [0.4, 0.5) is 5.82 Å². The van der Waals surface area contributed by atoms with Crippen molar-refractivity contribution in [2.75, 3.05) is 11.9 Å². The molecule has 106 valence electrons. The van der Waals surface area contributed by atoms with Gasteiger partial charge in [-0.2, -0.15) is 0 Å². The highest BCUT2D eigenvalue weighted by molar-refractivity contribution is 9.10. The van der Waals surface area contributed by atoms with Crippen LogP contribution in [-0.2, 0) is 12.8 Å². The van der Waals surface area contributed by atoms with Crippen molar-refractivity contribution in [3.05, 3.63) is 46.1 Å². The van der Waals surface area contributed by atoms with Gasteiger partial charge in [-0.15, -0.1) is 0 Å². The van der Waals surface area contributed by atoms with Gasteiger partial charge in [0.25, 0.3) is 0 Å². The number of nitrogens with one attached hydrogen (secondary N) is 1. The molecule has 5 heteroatoms. The van der Waals surface area contributed by atoms with E-state index in [1.54, 1.807) is 6.20 Å². The average Bonchev–Trinajstić information content (AvgIpc) is 2.45. The third-order valence-corrected chi connectivity index (χ3v) is 3.72. The quantitative estimate of drug-likeness (QED) is 0.876. The van der Waals surface area contributed by atoms with Crippen molar-refractivity contribution in [2.24, 2.45) is 0 Å². The number of nitrogens with zero attached hydrogens (tertiary/aromatic N) is 3. The monoisotopic (exact) mass is 334 g/mol. The summed E-state index contributed by atoms with van der Waals surface area (Å²) >= 11 is 3.60. The Hall–Kier alpha value is -1.49. The highest BCUT2D eigenvalue weighted by Crippen LogP contribution is 2.25. The first-order valence-corrected chi connectivity index (χ1v) is 7.72. The first-order chi connectivity index (χ1) is 9.74. The van der Waals surface area contributed by atoms with Gasteiger partial charge in [-0.25, -0.2) is 9.97 Å². The van der Waals surface area contributed by atoms with E-state index in [1.165, 1.54) is 0 Å². The van der Waals surface area contributed by atoms with Crippen LogP contribution in [0.2, 0.25) is 0 Å². The van der Waals surface area contributed by atoms with Crippen molar-refractivity contribution in [3.63, 3.8) is 0 Å². The predicted molar refractivity (Wildman–Crippen MR) is 84.9 cm³/mol. The molecular weight excluding hydrogens is 316 g/mol. The zero-order valence-electron chi connectivity index (χ0n) is 11.9. The Morgan fingerprint density at radius 3 is 2.75 bits per heavy atom. The number of anilines is 1. The maximum Gasteiger partial charge on any atom is 0.144 e. The third kappa shape index (κ3) is 3.76. The second-order valence-corrected chi connectivity index (χ2v) is 5.36. The van der Waals surface area contributed by atoms with Crippen LogP contribution in [0.3, 0.4) is 0 Å². The molecule has 0 saturated carbocycles. The van der Waals surface area contributed by atoms with Crippen molar-refractivity contribution in [1.29, 1.82) is 0 Å². The lowest BCUT2D eigenvalue weighted by Gasteiger charge is -2.11. The second kappa shape index (κ2) is 7.33. The molecule has 0 atom stereocenters. The van der Waals surface area contributed by atoms with Gasteiger partial charge >= 0.3 is 0 Å². The zero-order chi connectivity index (χ0) is 14.4. The summed E-state index contributed by atoms with van der Waals surface area (Å²) in [6.45, 7) is 5.06. The molecule has 0 spiro atoms. The lowest BCUT2D eigenvalue weighted by molar-refractivity contribution is 0.833. The molecule has 0 aliphatic carbocycles. The molecule has 4 nitrogen and oxygen atoms in total. The van der Waals surface area contributed by atoms with E-state index in [2.05, 4.69) is 50.0 Å². The lowest BCUT2D eigenvalue weighted by Crippen LogP contribution is -2.08. The molecular formula is C15H19BrN4. The first-order valence-electron chi connectivity index (χ1n) is 6.92. The van der Waals surface area contributed by atoms with E-state index in [0.29, 0.717) is 6.42 Å². The topological polar surface area (TPSA) is 50.7 Å². The molecule has 0 aliphatic rings. The zero-order valence-corrected chi connectivity index (χ0v) is 13.4. The smallest absolute Gasteiger partial charge is 0.144 e. The average molecular weight is 335 g/mol. The van der Waals surface area contributed by atoms with Crippen molar-refractivity contribution in [1.82, 2.24) is 15.0 Å². The van der Waals surface area contributed by atoms with Crippen LogP contribution in [0.25, 0.3) is 0 Å². The molecule has 0 bridgehead atoms. The summed E-state index contributed by atoms with van der Waals surface area (Å²) in [5.74, 6) is 1.71. The largest absolute Gasteiger partial charge is 0.369 e. The van der Waals surface area contributed by atoms with Gasteiger partial charge in [-0.05, 0) is 40.9 Å². The molecule has 0 amide bonds. The fourth-order valence-corrected chi connectivity index (χ4v) is 2.51. The number of hydrogen-bond acceptors (Lipinski definition) is 4. The predicted octanol–water partition coefficient (Wildman–Crippen LogP) is 3.61. The van der Waals surface area contributed by atoms with Crippen molar-refractivity contribution in [3.8, 4) is 0 Å². The molecule has 0 aliphatic heterocycles. The third-order valence-electron chi connectivity index (χ3n) is 2.88. The fraction of sp³-hybridized carbons (Fsp3) is 0.400. The number of aromatic nitrogens is 3. The van der Waals surface area contributed by atoms with Crippen LogP contribution in [-0.4, -0.2) is 21.5 Å². The minimum absolute atomic E-state index is 0.705. The van der Waals surface area contributed by atoms with E-state index in [0.717, 1.165) is 46.8 Å². The summed E-state index contributed by atoms with van der Waals surface area (Å²) in [4.78, 5) is 13.4. The Kier molecular flexibility index (Phi) is 5.47. The van der Waals surface area contributed by atoms with E-state index < -0.39 is 0 Å². The van der Waals surface area contributed by atoms with Gasteiger partial charge in [0.2, 0.25) is 0 Å². The SMILES string of the molecule is CCCc1nc(Cc2cccnc2)nc(NCC)c1Br. The van der Waals surface area contributed by atoms with E-state index in [1.807, 2.05) is 18.3 Å². The van der Waals surface area contributed by atoms with E-state index in [-0.39, 0.29) is 0 Å². The highest BCUT2D eigenvalue weighted by atomic mass is 79.9. The van der Waals surface area contributed by atoms with Gasteiger partial charge in [0.15, 0.2) is 0 Å². The van der Waals surface area contributed by atoms with Gasteiger partial charge in [0.05, 0.1) is 10.2 Å². The lowest BCUT2D eigenvalue weighted by atomic mass is 10.2. The molecule has 2 rings (SSSR count). The molecule has 0 radical (unpaired) electrons. The highest BCUT2D eigenvalue weighted by Gasteiger charge is 2.11. The Labute approximate surface area is 128 Å². The molecule has 2 heterocycles. The van der Waals surface area contributed by atoms with Gasteiger partial charge < -0.3 is 5.32 Å². The molecule has 1 N–H and O–H groups in total. The van der Waals surface area contributed by atoms with Crippen LogP contribution >= 0.6 is 15.9 Å². The summed E-state index contributed by atoms with van der Waals surface area (Å²) < 4.78 is 0.983. The molecule has 20 heavy (non-hydrogen) atoms. The number of hydrogen-bond donors (Lipinski definition) is 1. The minimum Gasteiger partial charge on any atom is -0.369 e. The maximum atomic E-state index is 4.67. The maximum absolute atomic E-state index is 4.67. The fourth-order valence-electron chi connectivity index (χ4n) is 2.00. The van der Waals surface area contributed by atoms with E-state index in [4.69, 9.17) is 0 Å². The molecule has 0 saturated heterocycles. The van der Waals surface area contributed by atoms with Crippen LogP contribution in [0.15, 0.2) is 29.0 Å². The summed E-state index contributed by atoms with van der Waals surface area (Å²) in [6.07, 6.45) is 6.35. The summed E-state index contributed by atoms with van der Waals surface area (Å²) in [5, 5.41) is 3.29. The van der Waals surface area contributed by atoms with Crippen LogP contribution < -0.4 is 5.32 Å². The first kappa shape index (κ1) is 14.9. The van der Waals surface area contributed by atoms with Crippen molar-refractivity contribution >= 4 is 21.7 Å². The Morgan fingerprint density at radius 1 is 1.25 bits per heavy atom. The normalized spacial score (nSPS) is 10.6. The number of aryl methyl sites for hydroxylation is 1. The summed E-state index contributed by atoms with van der Waals surface area (Å²) in [5.41, 5.74) is 2.19. The second-order valence-electron chi connectivity index (χ2n) is 4.57. The number of rotatable bonds is 6. The van der Waals surface area contributed by atoms with Gasteiger partial charge in [0, 0.05) is 25.4 Å². The Morgan fingerprint density at radius 2 is 2.10 bits per heavy atom. The van der Waals surface area contributed by atoms with Crippen molar-refractivity contribution in [2.45, 2.75) is 33.1 Å². The summed E-state index contributed by atoms with van der Waals surface area (Å²) in [6, 6.07) is 3.98. The van der Waals surface area contributed by atoms with E-state index in [9.17, 15) is 0 Å².